The lowest BCUT2D eigenvalue weighted by Crippen LogP contribution is -2.37. The molecule has 1 aromatic rings. The van der Waals surface area contributed by atoms with Gasteiger partial charge in [-0.25, -0.2) is 4.39 Å². The quantitative estimate of drug-likeness (QED) is 0.898. The summed E-state index contributed by atoms with van der Waals surface area (Å²) >= 11 is 0. The van der Waals surface area contributed by atoms with Crippen LogP contribution in [0.25, 0.3) is 0 Å². The normalized spacial score (nSPS) is 25.2. The Balaban J connectivity index is 2.35. The van der Waals surface area contributed by atoms with E-state index in [1.165, 1.54) is 6.07 Å². The lowest BCUT2D eigenvalue weighted by Gasteiger charge is -2.31. The minimum atomic E-state index is -0.818. The summed E-state index contributed by atoms with van der Waals surface area (Å²) in [7, 11) is 1.93. The van der Waals surface area contributed by atoms with Crippen molar-refractivity contribution in [1.82, 2.24) is 0 Å². The van der Waals surface area contributed by atoms with Gasteiger partial charge in [-0.1, -0.05) is 6.07 Å². The average molecular weight is 253 g/mol. The van der Waals surface area contributed by atoms with Crippen LogP contribution in [0, 0.1) is 5.82 Å². The number of anilines is 1. The number of hydrogen-bond donors (Lipinski definition) is 1. The predicted molar refractivity (Wildman–Crippen MR) is 69.3 cm³/mol. The molecule has 0 amide bonds. The number of likely N-dealkylation sites (N-methyl/N-ethyl adjacent to an activating group) is 1. The number of nitrogens with zero attached hydrogens (tertiary/aromatic N) is 1. The molecule has 0 spiro atoms. The van der Waals surface area contributed by atoms with Crippen LogP contribution in [0.5, 0.6) is 0 Å². The summed E-state index contributed by atoms with van der Waals surface area (Å²) in [5, 5.41) is 9.75. The molecule has 1 aliphatic rings. The minimum absolute atomic E-state index is 0.125. The van der Waals surface area contributed by atoms with Crippen molar-refractivity contribution in [2.24, 2.45) is 0 Å². The molecule has 1 aromatic carbocycles. The summed E-state index contributed by atoms with van der Waals surface area (Å²) < 4.78 is 19.4. The van der Waals surface area contributed by atoms with E-state index in [0.29, 0.717) is 5.56 Å². The third-order valence-corrected chi connectivity index (χ3v) is 3.66. The first kappa shape index (κ1) is 13.3. The molecule has 1 heterocycles. The maximum atomic E-state index is 13.8. The summed E-state index contributed by atoms with van der Waals surface area (Å²) in [6, 6.07) is 5.13. The molecule has 0 aromatic heterocycles. The molecule has 3 unspecified atom stereocenters. The van der Waals surface area contributed by atoms with Crippen LogP contribution >= 0.6 is 0 Å². The monoisotopic (exact) mass is 253 g/mol. The van der Waals surface area contributed by atoms with Crippen LogP contribution in [0.1, 0.15) is 31.9 Å². The molecule has 3 atom stereocenters. The molecular weight excluding hydrogens is 233 g/mol. The van der Waals surface area contributed by atoms with Gasteiger partial charge in [0.05, 0.1) is 18.2 Å². The number of benzene rings is 1. The highest BCUT2D eigenvalue weighted by Gasteiger charge is 2.30. The second-order valence-electron chi connectivity index (χ2n) is 4.89. The van der Waals surface area contributed by atoms with E-state index >= 15 is 0 Å². The zero-order valence-corrected chi connectivity index (χ0v) is 11.1. The molecule has 4 heteroatoms. The minimum Gasteiger partial charge on any atom is -0.389 e. The lowest BCUT2D eigenvalue weighted by molar-refractivity contribution is 0.118. The molecule has 0 saturated carbocycles. The van der Waals surface area contributed by atoms with E-state index in [4.69, 9.17) is 4.74 Å². The first-order chi connectivity index (χ1) is 8.52. The van der Waals surface area contributed by atoms with E-state index < -0.39 is 6.10 Å². The molecule has 100 valence electrons. The highest BCUT2D eigenvalue weighted by Crippen LogP contribution is 2.32. The van der Waals surface area contributed by atoms with E-state index in [1.807, 2.05) is 24.9 Å². The Morgan fingerprint density at radius 1 is 1.50 bits per heavy atom. The SMILES string of the molecule is CC(O)c1c(F)cccc1N(C)C1CCOC1C. The Bertz CT molecular complexity index is 422. The van der Waals surface area contributed by atoms with Gasteiger partial charge in [0.2, 0.25) is 0 Å². The number of hydrogen-bond acceptors (Lipinski definition) is 3. The highest BCUT2D eigenvalue weighted by molar-refractivity contribution is 5.55. The average Bonchev–Trinajstić information content (AvgIpc) is 2.73. The first-order valence-electron chi connectivity index (χ1n) is 6.33. The van der Waals surface area contributed by atoms with E-state index in [-0.39, 0.29) is 18.0 Å². The molecule has 2 rings (SSSR count). The van der Waals surface area contributed by atoms with Gasteiger partial charge in [0.1, 0.15) is 5.82 Å². The fourth-order valence-corrected chi connectivity index (χ4v) is 2.65. The summed E-state index contributed by atoms with van der Waals surface area (Å²) in [5.41, 5.74) is 1.10. The maximum absolute atomic E-state index is 13.8. The summed E-state index contributed by atoms with van der Waals surface area (Å²) in [5.74, 6) is -0.360. The van der Waals surface area contributed by atoms with Gasteiger partial charge in [0.25, 0.3) is 0 Å². The molecule has 1 fully saturated rings. The lowest BCUT2D eigenvalue weighted by atomic mass is 10.0. The van der Waals surface area contributed by atoms with Gasteiger partial charge >= 0.3 is 0 Å². The van der Waals surface area contributed by atoms with Crippen molar-refractivity contribution in [3.05, 3.63) is 29.6 Å². The Morgan fingerprint density at radius 2 is 2.22 bits per heavy atom. The number of halogens is 1. The molecule has 3 nitrogen and oxygen atoms in total. The second kappa shape index (κ2) is 5.24. The molecule has 1 N–H and O–H groups in total. The van der Waals surface area contributed by atoms with Crippen LogP contribution in [0.2, 0.25) is 0 Å². The zero-order valence-electron chi connectivity index (χ0n) is 11.1. The van der Waals surface area contributed by atoms with Crippen molar-refractivity contribution in [3.8, 4) is 0 Å². The van der Waals surface area contributed by atoms with Gasteiger partial charge in [-0.3, -0.25) is 0 Å². The summed E-state index contributed by atoms with van der Waals surface area (Å²) in [6.45, 7) is 4.34. The van der Waals surface area contributed by atoms with Crippen molar-refractivity contribution in [3.63, 3.8) is 0 Å². The van der Waals surface area contributed by atoms with Gasteiger partial charge in [-0.2, -0.15) is 0 Å². The molecule has 18 heavy (non-hydrogen) atoms. The molecule has 0 aliphatic carbocycles. The van der Waals surface area contributed by atoms with Crippen LogP contribution in [0.15, 0.2) is 18.2 Å². The van der Waals surface area contributed by atoms with Crippen molar-refractivity contribution in [2.75, 3.05) is 18.6 Å². The number of ether oxygens (including phenoxy) is 1. The van der Waals surface area contributed by atoms with Crippen molar-refractivity contribution < 1.29 is 14.2 Å². The molecular formula is C14H20FNO2. The Kier molecular flexibility index (Phi) is 3.88. The van der Waals surface area contributed by atoms with Gasteiger partial charge < -0.3 is 14.7 Å². The Labute approximate surface area is 107 Å². The molecule has 1 saturated heterocycles. The zero-order chi connectivity index (χ0) is 13.3. The van der Waals surface area contributed by atoms with Gasteiger partial charge in [-0.05, 0) is 32.4 Å². The van der Waals surface area contributed by atoms with E-state index in [0.717, 1.165) is 18.7 Å². The van der Waals surface area contributed by atoms with Crippen LogP contribution < -0.4 is 4.90 Å². The number of aliphatic hydroxyl groups excluding tert-OH is 1. The number of rotatable bonds is 3. The third-order valence-electron chi connectivity index (χ3n) is 3.66. The Hall–Kier alpha value is -1.13. The van der Waals surface area contributed by atoms with Crippen LogP contribution in [0.3, 0.4) is 0 Å². The number of aliphatic hydroxyl groups is 1. The summed E-state index contributed by atoms with van der Waals surface area (Å²) in [6.07, 6.45) is 0.231. The van der Waals surface area contributed by atoms with Crippen LogP contribution in [-0.2, 0) is 4.74 Å². The van der Waals surface area contributed by atoms with Crippen LogP contribution in [-0.4, -0.2) is 30.9 Å². The fraction of sp³-hybridized carbons (Fsp3) is 0.571. The van der Waals surface area contributed by atoms with Crippen molar-refractivity contribution >= 4 is 5.69 Å². The molecule has 0 radical (unpaired) electrons. The predicted octanol–water partition coefficient (Wildman–Crippen LogP) is 2.49. The van der Waals surface area contributed by atoms with Gasteiger partial charge in [0, 0.05) is 24.9 Å². The largest absolute Gasteiger partial charge is 0.389 e. The summed E-state index contributed by atoms with van der Waals surface area (Å²) in [4.78, 5) is 2.02. The van der Waals surface area contributed by atoms with Crippen LogP contribution in [0.4, 0.5) is 10.1 Å². The van der Waals surface area contributed by atoms with Gasteiger partial charge in [-0.15, -0.1) is 0 Å². The first-order valence-corrected chi connectivity index (χ1v) is 6.33. The van der Waals surface area contributed by atoms with E-state index in [1.54, 1.807) is 13.0 Å². The Morgan fingerprint density at radius 3 is 2.78 bits per heavy atom. The second-order valence-corrected chi connectivity index (χ2v) is 4.89. The molecule has 1 aliphatic heterocycles. The highest BCUT2D eigenvalue weighted by atomic mass is 19.1. The topological polar surface area (TPSA) is 32.7 Å². The fourth-order valence-electron chi connectivity index (χ4n) is 2.65. The molecule has 0 bridgehead atoms. The standard InChI is InChI=1S/C14H20FNO2/c1-9(17)14-11(15)5-4-6-13(14)16(3)12-7-8-18-10(12)2/h4-6,9-10,12,17H,7-8H2,1-3H3. The smallest absolute Gasteiger partial charge is 0.131 e. The van der Waals surface area contributed by atoms with Crippen molar-refractivity contribution in [1.29, 1.82) is 0 Å². The third kappa shape index (κ3) is 2.35. The van der Waals surface area contributed by atoms with E-state index in [9.17, 15) is 9.50 Å². The van der Waals surface area contributed by atoms with E-state index in [2.05, 4.69) is 0 Å². The maximum Gasteiger partial charge on any atom is 0.131 e. The van der Waals surface area contributed by atoms with Gasteiger partial charge in [0.15, 0.2) is 0 Å². The van der Waals surface area contributed by atoms with Crippen molar-refractivity contribution in [2.45, 2.75) is 38.5 Å².